The molecule has 1 amide bonds. The largest absolute Gasteiger partial charge is 0.376 e. The lowest BCUT2D eigenvalue weighted by atomic mass is 9.98. The monoisotopic (exact) mass is 364 g/mol. The molecule has 27 heavy (non-hydrogen) atoms. The SMILES string of the molecule is Cc1ccc(Cc2ccccc2C(=O)N[C@@H]2C[C@H]3CO[C@@H](C)CN3C2)cc1. The van der Waals surface area contributed by atoms with Crippen LogP contribution in [0.15, 0.2) is 48.5 Å². The topological polar surface area (TPSA) is 41.6 Å². The molecule has 0 radical (unpaired) electrons. The predicted octanol–water partition coefficient (Wildman–Crippen LogP) is 3.18. The van der Waals surface area contributed by atoms with Crippen LogP contribution in [0, 0.1) is 6.92 Å². The molecule has 4 heteroatoms. The van der Waals surface area contributed by atoms with E-state index in [1.54, 1.807) is 0 Å². The van der Waals surface area contributed by atoms with Crippen LogP contribution in [0.1, 0.15) is 40.4 Å². The van der Waals surface area contributed by atoms with Crippen molar-refractivity contribution in [2.75, 3.05) is 19.7 Å². The normalized spacial score (nSPS) is 25.2. The van der Waals surface area contributed by atoms with Crippen molar-refractivity contribution in [1.29, 1.82) is 0 Å². The third-order valence-corrected chi connectivity index (χ3v) is 5.71. The maximum atomic E-state index is 13.0. The molecule has 2 aromatic rings. The minimum atomic E-state index is 0.0384. The number of nitrogens with one attached hydrogen (secondary N) is 1. The van der Waals surface area contributed by atoms with Crippen molar-refractivity contribution >= 4 is 5.91 Å². The average Bonchev–Trinajstić information content (AvgIpc) is 3.05. The second-order valence-electron chi connectivity index (χ2n) is 7.98. The third-order valence-electron chi connectivity index (χ3n) is 5.71. The number of carbonyl (C=O) groups excluding carboxylic acids is 1. The number of hydrogen-bond donors (Lipinski definition) is 1. The molecule has 2 heterocycles. The molecule has 2 saturated heterocycles. The molecular weight excluding hydrogens is 336 g/mol. The first kappa shape index (κ1) is 18.2. The number of ether oxygens (including phenoxy) is 1. The Hall–Kier alpha value is -2.17. The highest BCUT2D eigenvalue weighted by atomic mass is 16.5. The fourth-order valence-corrected chi connectivity index (χ4v) is 4.23. The van der Waals surface area contributed by atoms with E-state index in [2.05, 4.69) is 54.4 Å². The number of benzene rings is 2. The molecule has 1 N–H and O–H groups in total. The second kappa shape index (κ2) is 7.83. The molecule has 0 aliphatic carbocycles. The van der Waals surface area contributed by atoms with Gasteiger partial charge < -0.3 is 10.1 Å². The first-order valence-corrected chi connectivity index (χ1v) is 9.88. The molecule has 3 atom stereocenters. The Morgan fingerprint density at radius 3 is 2.74 bits per heavy atom. The van der Waals surface area contributed by atoms with Gasteiger partial charge in [0.05, 0.1) is 12.7 Å². The first-order valence-electron chi connectivity index (χ1n) is 9.88. The Bertz CT molecular complexity index is 802. The summed E-state index contributed by atoms with van der Waals surface area (Å²) in [6, 6.07) is 17.1. The van der Waals surface area contributed by atoms with Gasteiger partial charge in [0.1, 0.15) is 0 Å². The van der Waals surface area contributed by atoms with Crippen LogP contribution in [0.5, 0.6) is 0 Å². The molecule has 2 aromatic carbocycles. The Kier molecular flexibility index (Phi) is 5.28. The predicted molar refractivity (Wildman–Crippen MR) is 107 cm³/mol. The number of fused-ring (bicyclic) bond motifs is 1. The Balaban J connectivity index is 1.44. The van der Waals surface area contributed by atoms with E-state index in [-0.39, 0.29) is 18.1 Å². The van der Waals surface area contributed by atoms with E-state index in [0.29, 0.717) is 6.04 Å². The first-order chi connectivity index (χ1) is 13.1. The summed E-state index contributed by atoms with van der Waals surface area (Å²) in [7, 11) is 0. The van der Waals surface area contributed by atoms with Gasteiger partial charge in [-0.25, -0.2) is 0 Å². The van der Waals surface area contributed by atoms with Crippen LogP contribution in [0.3, 0.4) is 0 Å². The Labute approximate surface area is 161 Å². The van der Waals surface area contributed by atoms with Crippen molar-refractivity contribution in [2.45, 2.75) is 44.9 Å². The lowest BCUT2D eigenvalue weighted by Gasteiger charge is -2.33. The van der Waals surface area contributed by atoms with Crippen LogP contribution >= 0.6 is 0 Å². The summed E-state index contributed by atoms with van der Waals surface area (Å²) in [6.07, 6.45) is 2.03. The maximum absolute atomic E-state index is 13.0. The van der Waals surface area contributed by atoms with Gasteiger partial charge in [0.15, 0.2) is 0 Å². The maximum Gasteiger partial charge on any atom is 0.251 e. The highest BCUT2D eigenvalue weighted by molar-refractivity contribution is 5.96. The fraction of sp³-hybridized carbons (Fsp3) is 0.435. The van der Waals surface area contributed by atoms with Crippen molar-refractivity contribution in [1.82, 2.24) is 10.2 Å². The van der Waals surface area contributed by atoms with Crippen LogP contribution in [-0.4, -0.2) is 48.7 Å². The van der Waals surface area contributed by atoms with Crippen LogP contribution in [0.25, 0.3) is 0 Å². The van der Waals surface area contributed by atoms with Gasteiger partial charge in [-0.1, -0.05) is 48.0 Å². The Morgan fingerprint density at radius 1 is 1.15 bits per heavy atom. The minimum Gasteiger partial charge on any atom is -0.376 e. The lowest BCUT2D eigenvalue weighted by molar-refractivity contribution is -0.0390. The average molecular weight is 364 g/mol. The van der Waals surface area contributed by atoms with Gasteiger partial charge >= 0.3 is 0 Å². The van der Waals surface area contributed by atoms with E-state index in [4.69, 9.17) is 4.74 Å². The zero-order chi connectivity index (χ0) is 18.8. The number of carbonyl (C=O) groups is 1. The molecule has 4 nitrogen and oxygen atoms in total. The summed E-state index contributed by atoms with van der Waals surface area (Å²) in [5.74, 6) is 0.0384. The highest BCUT2D eigenvalue weighted by Gasteiger charge is 2.36. The molecule has 0 bridgehead atoms. The number of nitrogens with zero attached hydrogens (tertiary/aromatic N) is 1. The quantitative estimate of drug-likeness (QED) is 0.906. The molecule has 0 saturated carbocycles. The van der Waals surface area contributed by atoms with Crippen LogP contribution in [0.2, 0.25) is 0 Å². The summed E-state index contributed by atoms with van der Waals surface area (Å²) in [4.78, 5) is 15.4. The highest BCUT2D eigenvalue weighted by Crippen LogP contribution is 2.24. The summed E-state index contributed by atoms with van der Waals surface area (Å²) in [5, 5.41) is 3.27. The van der Waals surface area contributed by atoms with Gasteiger partial charge in [-0.2, -0.15) is 0 Å². The van der Waals surface area contributed by atoms with E-state index in [1.165, 1.54) is 11.1 Å². The number of hydrogen-bond acceptors (Lipinski definition) is 3. The van der Waals surface area contributed by atoms with E-state index < -0.39 is 0 Å². The van der Waals surface area contributed by atoms with Gasteiger partial charge in [-0.15, -0.1) is 0 Å². The van der Waals surface area contributed by atoms with E-state index in [9.17, 15) is 4.79 Å². The van der Waals surface area contributed by atoms with Gasteiger partial charge in [0.25, 0.3) is 5.91 Å². The lowest BCUT2D eigenvalue weighted by Crippen LogP contribution is -2.45. The van der Waals surface area contributed by atoms with Gasteiger partial charge in [0.2, 0.25) is 0 Å². The number of rotatable bonds is 4. The summed E-state index contributed by atoms with van der Waals surface area (Å²) < 4.78 is 5.77. The van der Waals surface area contributed by atoms with Crippen LogP contribution in [-0.2, 0) is 11.2 Å². The van der Waals surface area contributed by atoms with Crippen molar-refractivity contribution < 1.29 is 9.53 Å². The van der Waals surface area contributed by atoms with Crippen molar-refractivity contribution in [3.05, 3.63) is 70.8 Å². The summed E-state index contributed by atoms with van der Waals surface area (Å²) in [5.41, 5.74) is 4.34. The van der Waals surface area contributed by atoms with Gasteiger partial charge in [-0.3, -0.25) is 9.69 Å². The zero-order valence-electron chi connectivity index (χ0n) is 16.2. The third kappa shape index (κ3) is 4.23. The van der Waals surface area contributed by atoms with Crippen molar-refractivity contribution in [3.8, 4) is 0 Å². The number of aryl methyl sites for hydroxylation is 1. The Morgan fingerprint density at radius 2 is 1.93 bits per heavy atom. The van der Waals surface area contributed by atoms with Crippen molar-refractivity contribution in [2.24, 2.45) is 0 Å². The number of amides is 1. The standard InChI is InChI=1S/C23H28N2O2/c1-16-7-9-18(10-8-16)11-19-5-3-4-6-22(19)23(26)24-20-12-21-15-27-17(2)13-25(21)14-20/h3-10,17,20-21H,11-15H2,1-2H3,(H,24,26)/t17-,20+,21-/m0/s1. The smallest absolute Gasteiger partial charge is 0.251 e. The summed E-state index contributed by atoms with van der Waals surface area (Å²) in [6.45, 7) is 6.86. The second-order valence-corrected chi connectivity index (χ2v) is 7.98. The van der Waals surface area contributed by atoms with Crippen LogP contribution in [0.4, 0.5) is 0 Å². The van der Waals surface area contributed by atoms with Gasteiger partial charge in [0, 0.05) is 30.7 Å². The molecule has 0 aromatic heterocycles. The zero-order valence-corrected chi connectivity index (χ0v) is 16.2. The molecule has 142 valence electrons. The van der Waals surface area contributed by atoms with Crippen molar-refractivity contribution in [3.63, 3.8) is 0 Å². The number of morpholine rings is 1. The minimum absolute atomic E-state index is 0.0384. The molecule has 0 spiro atoms. The van der Waals surface area contributed by atoms with Crippen LogP contribution < -0.4 is 5.32 Å². The fourth-order valence-electron chi connectivity index (χ4n) is 4.23. The molecule has 0 unspecified atom stereocenters. The molecule has 4 rings (SSSR count). The molecular formula is C23H28N2O2. The van der Waals surface area contributed by atoms with E-state index in [1.807, 2.05) is 18.2 Å². The van der Waals surface area contributed by atoms with E-state index >= 15 is 0 Å². The summed E-state index contributed by atoms with van der Waals surface area (Å²) >= 11 is 0. The van der Waals surface area contributed by atoms with E-state index in [0.717, 1.165) is 43.7 Å². The van der Waals surface area contributed by atoms with Gasteiger partial charge in [-0.05, 0) is 43.9 Å². The molecule has 2 aliphatic heterocycles. The molecule has 2 aliphatic rings. The molecule has 2 fully saturated rings.